The van der Waals surface area contributed by atoms with Crippen LogP contribution in [0.1, 0.15) is 88.0 Å². The van der Waals surface area contributed by atoms with Crippen molar-refractivity contribution in [3.05, 3.63) is 0 Å². The lowest BCUT2D eigenvalue weighted by molar-refractivity contribution is 0.477. The van der Waals surface area contributed by atoms with Gasteiger partial charge in [0.05, 0.1) is 0 Å². The van der Waals surface area contributed by atoms with Crippen molar-refractivity contribution in [3.8, 4) is 0 Å². The van der Waals surface area contributed by atoms with Crippen LogP contribution >= 0.6 is 0 Å². The fourth-order valence-corrected chi connectivity index (χ4v) is 1.37. The van der Waals surface area contributed by atoms with Crippen LogP contribution in [-0.2, 0) is 0 Å². The molecule has 0 nitrogen and oxygen atoms in total. The Kier molecular flexibility index (Phi) is 23.2. The van der Waals surface area contributed by atoms with Crippen LogP contribution in [0.4, 0.5) is 0 Å². The predicted molar refractivity (Wildman–Crippen MR) is 80.0 cm³/mol. The van der Waals surface area contributed by atoms with Crippen molar-refractivity contribution in [1.82, 2.24) is 0 Å². The van der Waals surface area contributed by atoms with E-state index in [9.17, 15) is 0 Å². The molecule has 1 aliphatic rings. The van der Waals surface area contributed by atoms with Gasteiger partial charge < -0.3 is 0 Å². The maximum atomic E-state index is 2.30. The summed E-state index contributed by atoms with van der Waals surface area (Å²) in [6, 6.07) is 0. The van der Waals surface area contributed by atoms with E-state index in [0.717, 1.165) is 17.8 Å². The van der Waals surface area contributed by atoms with Crippen molar-refractivity contribution in [2.75, 3.05) is 0 Å². The average molecular weight is 230 g/mol. The number of rotatable bonds is 3. The largest absolute Gasteiger partial charge is 0.0683 e. The van der Waals surface area contributed by atoms with E-state index in [-0.39, 0.29) is 0 Å². The molecule has 16 heavy (non-hydrogen) atoms. The van der Waals surface area contributed by atoms with E-state index in [0.29, 0.717) is 0 Å². The molecule has 102 valence electrons. The molecule has 2 unspecified atom stereocenters. The van der Waals surface area contributed by atoms with E-state index >= 15 is 0 Å². The molecule has 0 aliphatic heterocycles. The van der Waals surface area contributed by atoms with Crippen LogP contribution in [0.15, 0.2) is 0 Å². The van der Waals surface area contributed by atoms with Gasteiger partial charge in [0.15, 0.2) is 0 Å². The highest BCUT2D eigenvalue weighted by Crippen LogP contribution is 2.36. The van der Waals surface area contributed by atoms with E-state index in [4.69, 9.17) is 0 Å². The standard InChI is InChI=1S/C7H16.C5H10.2C2H6/c1-4-7(5-2)6-3;1-4-3-5(4)2;2*1-2/h7H,4-6H2,1-3H3;4-5H,3H2,1-2H3;2*1-2H3. The summed E-state index contributed by atoms with van der Waals surface area (Å²) in [5.74, 6) is 3.09. The fourth-order valence-electron chi connectivity index (χ4n) is 1.37. The Morgan fingerprint density at radius 1 is 0.750 bits per heavy atom. The molecule has 0 heterocycles. The van der Waals surface area contributed by atoms with Crippen molar-refractivity contribution in [1.29, 1.82) is 0 Å². The lowest BCUT2D eigenvalue weighted by Gasteiger charge is -2.05. The van der Waals surface area contributed by atoms with Crippen LogP contribution in [0.5, 0.6) is 0 Å². The molecule has 1 fully saturated rings. The second-order valence-electron chi connectivity index (χ2n) is 4.28. The van der Waals surface area contributed by atoms with Gasteiger partial charge >= 0.3 is 0 Å². The Labute approximate surface area is 106 Å². The summed E-state index contributed by atoms with van der Waals surface area (Å²) in [6.45, 7) is 19.4. The lowest BCUT2D eigenvalue weighted by atomic mass is 10.0. The first kappa shape index (κ1) is 21.3. The van der Waals surface area contributed by atoms with Crippen LogP contribution < -0.4 is 0 Å². The maximum absolute atomic E-state index is 2.30. The molecular weight excluding hydrogens is 192 g/mol. The molecule has 0 saturated heterocycles. The number of hydrogen-bond acceptors (Lipinski definition) is 0. The van der Waals surface area contributed by atoms with Gasteiger partial charge in [-0.15, -0.1) is 0 Å². The van der Waals surface area contributed by atoms with Gasteiger partial charge in [0.25, 0.3) is 0 Å². The van der Waals surface area contributed by atoms with Gasteiger partial charge in [-0.1, -0.05) is 81.6 Å². The Morgan fingerprint density at radius 3 is 0.938 bits per heavy atom. The molecule has 0 amide bonds. The van der Waals surface area contributed by atoms with E-state index in [2.05, 4.69) is 34.6 Å². The summed E-state index contributed by atoms with van der Waals surface area (Å²) in [4.78, 5) is 0. The Morgan fingerprint density at radius 2 is 0.938 bits per heavy atom. The van der Waals surface area contributed by atoms with Gasteiger partial charge in [-0.05, 0) is 24.2 Å². The second kappa shape index (κ2) is 17.4. The van der Waals surface area contributed by atoms with Crippen LogP contribution in [0.2, 0.25) is 0 Å². The first-order chi connectivity index (χ1) is 7.65. The Bertz CT molecular complexity index is 80.7. The molecule has 1 saturated carbocycles. The molecule has 0 aromatic heterocycles. The lowest BCUT2D eigenvalue weighted by Crippen LogP contribution is -1.91. The van der Waals surface area contributed by atoms with Gasteiger partial charge in [0.2, 0.25) is 0 Å². The van der Waals surface area contributed by atoms with Gasteiger partial charge in [-0.3, -0.25) is 0 Å². The zero-order chi connectivity index (χ0) is 13.6. The quantitative estimate of drug-likeness (QED) is 0.516. The zero-order valence-corrected chi connectivity index (χ0v) is 13.6. The minimum atomic E-state index is 0.986. The monoisotopic (exact) mass is 230 g/mol. The molecule has 0 N–H and O–H groups in total. The molecule has 0 bridgehead atoms. The summed E-state index contributed by atoms with van der Waals surface area (Å²) in [5.41, 5.74) is 0. The molecule has 0 aromatic rings. The Hall–Kier alpha value is 0. The first-order valence-corrected chi connectivity index (χ1v) is 7.65. The summed E-state index contributed by atoms with van der Waals surface area (Å²) < 4.78 is 0. The normalized spacial score (nSPS) is 20.6. The minimum absolute atomic E-state index is 0.986. The van der Waals surface area contributed by atoms with Crippen LogP contribution in [0.3, 0.4) is 0 Å². The van der Waals surface area contributed by atoms with Crippen LogP contribution in [0.25, 0.3) is 0 Å². The van der Waals surface area contributed by atoms with E-state index in [1.807, 2.05) is 27.7 Å². The zero-order valence-electron chi connectivity index (χ0n) is 13.6. The second-order valence-corrected chi connectivity index (χ2v) is 4.28. The Balaban J connectivity index is -0.000000164. The molecular formula is C16H38. The third-order valence-electron chi connectivity index (χ3n) is 3.24. The number of hydrogen-bond donors (Lipinski definition) is 0. The van der Waals surface area contributed by atoms with Gasteiger partial charge in [0.1, 0.15) is 0 Å². The first-order valence-electron chi connectivity index (χ1n) is 7.65. The molecule has 0 heteroatoms. The average Bonchev–Trinajstić information content (AvgIpc) is 3.01. The highest BCUT2D eigenvalue weighted by Gasteiger charge is 2.26. The van der Waals surface area contributed by atoms with Crippen molar-refractivity contribution in [3.63, 3.8) is 0 Å². The molecule has 0 radical (unpaired) electrons. The third kappa shape index (κ3) is 16.4. The molecule has 1 rings (SSSR count). The summed E-state index contributed by atoms with van der Waals surface area (Å²) in [5, 5.41) is 0. The highest BCUT2D eigenvalue weighted by molar-refractivity contribution is 4.76. The van der Waals surface area contributed by atoms with Crippen molar-refractivity contribution < 1.29 is 0 Å². The highest BCUT2D eigenvalue weighted by atomic mass is 14.3. The van der Waals surface area contributed by atoms with Gasteiger partial charge in [-0.25, -0.2) is 0 Å². The van der Waals surface area contributed by atoms with E-state index in [1.54, 1.807) is 0 Å². The van der Waals surface area contributed by atoms with Crippen LogP contribution in [0, 0.1) is 17.8 Å². The summed E-state index contributed by atoms with van der Waals surface area (Å²) >= 11 is 0. The van der Waals surface area contributed by atoms with Gasteiger partial charge in [0, 0.05) is 0 Å². The van der Waals surface area contributed by atoms with Crippen molar-refractivity contribution in [2.45, 2.75) is 88.0 Å². The SMILES string of the molecule is CC.CC.CC1CC1C.CCC(CC)CC. The summed E-state index contributed by atoms with van der Waals surface area (Å²) in [6.07, 6.45) is 5.53. The van der Waals surface area contributed by atoms with E-state index in [1.165, 1.54) is 25.7 Å². The smallest absolute Gasteiger partial charge is 0.0414 e. The molecule has 0 aromatic carbocycles. The molecule has 0 spiro atoms. The predicted octanol–water partition coefficient (Wildman–Crippen LogP) is 6.55. The topological polar surface area (TPSA) is 0 Å². The van der Waals surface area contributed by atoms with E-state index < -0.39 is 0 Å². The maximum Gasteiger partial charge on any atom is -0.0414 e. The van der Waals surface area contributed by atoms with Crippen molar-refractivity contribution in [2.24, 2.45) is 17.8 Å². The van der Waals surface area contributed by atoms with Crippen molar-refractivity contribution >= 4 is 0 Å². The molecule has 2 atom stereocenters. The minimum Gasteiger partial charge on any atom is -0.0683 e. The third-order valence-corrected chi connectivity index (χ3v) is 3.24. The molecule has 1 aliphatic carbocycles. The van der Waals surface area contributed by atoms with Gasteiger partial charge in [-0.2, -0.15) is 0 Å². The fraction of sp³-hybridized carbons (Fsp3) is 1.00. The summed E-state index contributed by atoms with van der Waals surface area (Å²) in [7, 11) is 0. The van der Waals surface area contributed by atoms with Crippen LogP contribution in [-0.4, -0.2) is 0 Å².